The molecule has 0 amide bonds. The van der Waals surface area contributed by atoms with Gasteiger partial charge in [-0.1, -0.05) is 147 Å². The Morgan fingerprint density at radius 2 is 1.04 bits per heavy atom. The highest BCUT2D eigenvalue weighted by atomic mass is 31.2. The van der Waals surface area contributed by atoms with Crippen LogP contribution in [0.5, 0.6) is 0 Å². The summed E-state index contributed by atoms with van der Waals surface area (Å²) in [5, 5.41) is 0. The molecular formula is C42H81NO8P+. The lowest BCUT2D eigenvalue weighted by molar-refractivity contribution is -0.870. The van der Waals surface area contributed by atoms with Gasteiger partial charge in [0.25, 0.3) is 0 Å². The van der Waals surface area contributed by atoms with E-state index in [1.54, 1.807) is 0 Å². The van der Waals surface area contributed by atoms with Crippen LogP contribution in [-0.4, -0.2) is 74.9 Å². The van der Waals surface area contributed by atoms with Crippen LogP contribution >= 0.6 is 7.82 Å². The fourth-order valence-electron chi connectivity index (χ4n) is 5.63. The molecule has 306 valence electrons. The number of nitrogens with zero attached hydrogens (tertiary/aromatic N) is 1. The van der Waals surface area contributed by atoms with Crippen molar-refractivity contribution in [3.8, 4) is 0 Å². The molecule has 0 aliphatic carbocycles. The molecule has 0 radical (unpaired) electrons. The molecule has 2 atom stereocenters. The van der Waals surface area contributed by atoms with E-state index in [1.807, 2.05) is 21.1 Å². The van der Waals surface area contributed by atoms with E-state index in [1.165, 1.54) is 89.9 Å². The second-order valence-corrected chi connectivity index (χ2v) is 16.8. The van der Waals surface area contributed by atoms with Gasteiger partial charge in [0.1, 0.15) is 19.8 Å². The number of ether oxygens (including phenoxy) is 2. The van der Waals surface area contributed by atoms with Gasteiger partial charge in [-0.25, -0.2) is 4.57 Å². The Hall–Kier alpha value is -1.51. The van der Waals surface area contributed by atoms with Gasteiger partial charge >= 0.3 is 19.8 Å². The molecule has 1 N–H and O–H groups in total. The molecule has 0 bridgehead atoms. The average molecular weight is 759 g/mol. The molecule has 52 heavy (non-hydrogen) atoms. The molecule has 0 fully saturated rings. The first-order chi connectivity index (χ1) is 25.0. The van der Waals surface area contributed by atoms with Crippen LogP contribution in [0.3, 0.4) is 0 Å². The van der Waals surface area contributed by atoms with Crippen LogP contribution in [-0.2, 0) is 32.7 Å². The monoisotopic (exact) mass is 759 g/mol. The standard InChI is InChI=1S/C42H80NO8P/c1-6-8-10-12-14-16-18-20-21-23-25-27-29-31-33-35-42(45)51-40(39-50-52(46,47)49-37-36-43(3,4)5)38-48-41(44)34-32-30-28-26-24-22-19-17-15-13-11-9-7-2/h14,16,20-21,40H,6-13,15,17-19,22-39H2,1-5H3/p+1/b16-14+,21-20+. The number of quaternary nitrogens is 1. The van der Waals surface area contributed by atoms with Gasteiger partial charge in [0.2, 0.25) is 0 Å². The van der Waals surface area contributed by atoms with E-state index >= 15 is 0 Å². The molecule has 0 aliphatic rings. The summed E-state index contributed by atoms with van der Waals surface area (Å²) in [5.41, 5.74) is 0. The van der Waals surface area contributed by atoms with Gasteiger partial charge in [0, 0.05) is 12.8 Å². The Labute approximate surface area is 319 Å². The normalized spacial score (nSPS) is 13.9. The SMILES string of the molecule is CCCCC/C=C/C/C=C/CCCCCCCC(=O)OC(COC(=O)CCCCCCCCCCCCCCC)COP(=O)(O)OCC[N+](C)(C)C. The number of hydrogen-bond donors (Lipinski definition) is 1. The Kier molecular flexibility index (Phi) is 34.2. The molecule has 9 nitrogen and oxygen atoms in total. The lowest BCUT2D eigenvalue weighted by Crippen LogP contribution is -2.37. The number of phosphoric acid groups is 1. The Morgan fingerprint density at radius 1 is 0.596 bits per heavy atom. The lowest BCUT2D eigenvalue weighted by Gasteiger charge is -2.24. The van der Waals surface area contributed by atoms with Crippen LogP contribution in [0.2, 0.25) is 0 Å². The zero-order valence-corrected chi connectivity index (χ0v) is 35.2. The topological polar surface area (TPSA) is 108 Å². The summed E-state index contributed by atoms with van der Waals surface area (Å²) in [6.45, 7) is 4.38. The number of unbranched alkanes of at least 4 members (excludes halogenated alkanes) is 20. The van der Waals surface area contributed by atoms with Crippen molar-refractivity contribution in [2.45, 2.75) is 187 Å². The van der Waals surface area contributed by atoms with Gasteiger partial charge in [-0.3, -0.25) is 18.6 Å². The molecule has 0 rings (SSSR count). The number of hydrogen-bond acceptors (Lipinski definition) is 7. The quantitative estimate of drug-likeness (QED) is 0.0218. The van der Waals surface area contributed by atoms with E-state index in [-0.39, 0.29) is 32.0 Å². The van der Waals surface area contributed by atoms with Crippen molar-refractivity contribution in [2.75, 3.05) is 47.5 Å². The minimum absolute atomic E-state index is 0.0304. The number of likely N-dealkylation sites (N-methyl/N-ethyl adjacent to an activating group) is 1. The number of rotatable bonds is 38. The van der Waals surface area contributed by atoms with Gasteiger partial charge < -0.3 is 18.9 Å². The first-order valence-corrected chi connectivity index (χ1v) is 22.6. The molecule has 0 aromatic carbocycles. The summed E-state index contributed by atoms with van der Waals surface area (Å²) in [7, 11) is 1.47. The molecule has 0 aliphatic heterocycles. The Morgan fingerprint density at radius 3 is 1.56 bits per heavy atom. The number of carbonyl (C=O) groups excluding carboxylic acids is 2. The zero-order valence-electron chi connectivity index (χ0n) is 34.3. The zero-order chi connectivity index (χ0) is 38.6. The first kappa shape index (κ1) is 50.5. The number of carbonyl (C=O) groups is 2. The van der Waals surface area contributed by atoms with Gasteiger partial charge in [0.05, 0.1) is 27.7 Å². The third-order valence-corrected chi connectivity index (χ3v) is 9.97. The molecule has 0 saturated heterocycles. The lowest BCUT2D eigenvalue weighted by atomic mass is 10.0. The van der Waals surface area contributed by atoms with Crippen LogP contribution in [0.15, 0.2) is 24.3 Å². The highest BCUT2D eigenvalue weighted by Crippen LogP contribution is 2.43. The van der Waals surface area contributed by atoms with Crippen molar-refractivity contribution in [3.05, 3.63) is 24.3 Å². The van der Waals surface area contributed by atoms with Crippen LogP contribution in [0.1, 0.15) is 181 Å². The van der Waals surface area contributed by atoms with Crippen molar-refractivity contribution < 1.29 is 42.1 Å². The molecule has 10 heteroatoms. The maximum absolute atomic E-state index is 12.6. The van der Waals surface area contributed by atoms with Crippen molar-refractivity contribution in [1.82, 2.24) is 0 Å². The Bertz CT molecular complexity index is 949. The third-order valence-electron chi connectivity index (χ3n) is 8.98. The minimum atomic E-state index is -4.37. The van der Waals surface area contributed by atoms with Gasteiger partial charge in [-0.15, -0.1) is 0 Å². The molecular weight excluding hydrogens is 677 g/mol. The molecule has 0 heterocycles. The maximum atomic E-state index is 12.6. The fourth-order valence-corrected chi connectivity index (χ4v) is 6.37. The summed E-state index contributed by atoms with van der Waals surface area (Å²) in [6.07, 6.45) is 36.4. The first-order valence-electron chi connectivity index (χ1n) is 21.1. The molecule has 2 unspecified atom stereocenters. The van der Waals surface area contributed by atoms with E-state index in [0.717, 1.165) is 57.8 Å². The van der Waals surface area contributed by atoms with Crippen molar-refractivity contribution in [2.24, 2.45) is 0 Å². The predicted octanol–water partition coefficient (Wildman–Crippen LogP) is 11.6. The number of phosphoric ester groups is 1. The van der Waals surface area contributed by atoms with E-state index < -0.39 is 26.5 Å². The fraction of sp³-hybridized carbons (Fsp3) is 0.857. The van der Waals surface area contributed by atoms with Crippen LogP contribution in [0.25, 0.3) is 0 Å². The third kappa shape index (κ3) is 38.2. The highest BCUT2D eigenvalue weighted by Gasteiger charge is 2.27. The van der Waals surface area contributed by atoms with E-state index in [4.69, 9.17) is 18.5 Å². The smallest absolute Gasteiger partial charge is 0.462 e. The van der Waals surface area contributed by atoms with Crippen molar-refractivity contribution >= 4 is 19.8 Å². The Balaban J connectivity index is 4.41. The largest absolute Gasteiger partial charge is 0.472 e. The number of allylic oxidation sites excluding steroid dienone is 4. The van der Waals surface area contributed by atoms with Crippen molar-refractivity contribution in [1.29, 1.82) is 0 Å². The second kappa shape index (κ2) is 35.2. The summed E-state index contributed by atoms with van der Waals surface area (Å²) in [4.78, 5) is 35.3. The van der Waals surface area contributed by atoms with Crippen LogP contribution in [0, 0.1) is 0 Å². The van der Waals surface area contributed by atoms with Crippen molar-refractivity contribution in [3.63, 3.8) is 0 Å². The number of esters is 2. The summed E-state index contributed by atoms with van der Waals surface area (Å²) < 4.78 is 34.2. The van der Waals surface area contributed by atoms with E-state index in [0.29, 0.717) is 17.4 Å². The molecule has 0 aromatic rings. The second-order valence-electron chi connectivity index (χ2n) is 15.4. The molecule has 0 aromatic heterocycles. The highest BCUT2D eigenvalue weighted by molar-refractivity contribution is 7.47. The summed E-state index contributed by atoms with van der Waals surface area (Å²) in [5.74, 6) is -0.810. The minimum Gasteiger partial charge on any atom is -0.462 e. The summed E-state index contributed by atoms with van der Waals surface area (Å²) >= 11 is 0. The van der Waals surface area contributed by atoms with Gasteiger partial charge in [-0.05, 0) is 44.9 Å². The average Bonchev–Trinajstić information content (AvgIpc) is 3.09. The molecule has 0 spiro atoms. The van der Waals surface area contributed by atoms with E-state index in [2.05, 4.69) is 38.2 Å². The summed E-state index contributed by atoms with van der Waals surface area (Å²) in [6, 6.07) is 0. The van der Waals surface area contributed by atoms with Crippen LogP contribution in [0.4, 0.5) is 0 Å². The predicted molar refractivity (Wildman–Crippen MR) is 215 cm³/mol. The van der Waals surface area contributed by atoms with E-state index in [9.17, 15) is 19.0 Å². The van der Waals surface area contributed by atoms with Gasteiger partial charge in [0.15, 0.2) is 6.10 Å². The van der Waals surface area contributed by atoms with Gasteiger partial charge in [-0.2, -0.15) is 0 Å². The maximum Gasteiger partial charge on any atom is 0.472 e. The van der Waals surface area contributed by atoms with Crippen LogP contribution < -0.4 is 0 Å². The molecule has 0 saturated carbocycles.